The molecule has 2 aromatic rings. The van der Waals surface area contributed by atoms with Crippen molar-refractivity contribution in [3.8, 4) is 16.9 Å². The molecule has 1 aliphatic rings. The van der Waals surface area contributed by atoms with E-state index in [9.17, 15) is 62.7 Å². The molecule has 0 saturated heterocycles. The van der Waals surface area contributed by atoms with Crippen LogP contribution < -0.4 is 9.83 Å². The molecule has 368 valence electrons. The minimum Gasteiger partial charge on any atom is -0.462 e. The van der Waals surface area contributed by atoms with Crippen LogP contribution >= 0.6 is 7.37 Å². The van der Waals surface area contributed by atoms with Crippen molar-refractivity contribution in [2.24, 2.45) is 5.92 Å². The lowest BCUT2D eigenvalue weighted by Gasteiger charge is -2.30. The Balaban J connectivity index is 1.50. The molecule has 0 fully saturated rings. The van der Waals surface area contributed by atoms with E-state index in [4.69, 9.17) is 32.9 Å². The lowest BCUT2D eigenvalue weighted by Crippen LogP contribution is -2.31. The molecular formula is C43H47O24P. The number of hydrogen-bond acceptors (Lipinski definition) is 24. The van der Waals surface area contributed by atoms with E-state index in [1.807, 2.05) is 0 Å². The van der Waals surface area contributed by atoms with Gasteiger partial charge in [-0.15, -0.1) is 0 Å². The van der Waals surface area contributed by atoms with Crippen LogP contribution in [0.5, 0.6) is 5.75 Å². The summed E-state index contributed by atoms with van der Waals surface area (Å²) in [6.07, 6.45) is -7.40. The van der Waals surface area contributed by atoms with Gasteiger partial charge in [-0.2, -0.15) is 0 Å². The monoisotopic (exact) mass is 978 g/mol. The van der Waals surface area contributed by atoms with E-state index in [2.05, 4.69) is 32.1 Å². The van der Waals surface area contributed by atoms with Gasteiger partial charge in [-0.25, -0.2) is 9.59 Å². The Kier molecular flexibility index (Phi) is 22.0. The van der Waals surface area contributed by atoms with Crippen LogP contribution in [0.2, 0.25) is 0 Å². The minimum atomic E-state index is -4.04. The van der Waals surface area contributed by atoms with Gasteiger partial charge in [0, 0.05) is 16.7 Å². The molecule has 3 rings (SSSR count). The molecule has 4 atom stereocenters. The number of ether oxygens (including phenoxy) is 10. The van der Waals surface area contributed by atoms with E-state index in [-0.39, 0.29) is 22.2 Å². The van der Waals surface area contributed by atoms with Crippen LogP contribution in [-0.2, 0) is 99.9 Å². The number of aliphatic hydroxyl groups excluding tert-OH is 2. The number of esters is 10. The summed E-state index contributed by atoms with van der Waals surface area (Å²) >= 11 is 0. The molecule has 68 heavy (non-hydrogen) atoms. The van der Waals surface area contributed by atoms with Gasteiger partial charge in [0.2, 0.25) is 20.4 Å². The SMILES string of the molecule is C=C(C)C(=O)OCC(O)COC(=O)CC(=O)OCOC(=O)CC(=O)OCOC(=O)CC(CP1(=O)Oc2ccccc2-c2ccccc21)C(=O)OCOC(=O)CC(=O)OCC(O)COC(=O)C(=C)C. The molecule has 2 N–H and O–H groups in total. The molecule has 0 amide bonds. The van der Waals surface area contributed by atoms with Gasteiger partial charge >= 0.3 is 59.7 Å². The Morgan fingerprint density at radius 3 is 1.38 bits per heavy atom. The highest BCUT2D eigenvalue weighted by Crippen LogP contribution is 2.55. The first-order valence-corrected chi connectivity index (χ1v) is 21.7. The van der Waals surface area contributed by atoms with Crippen molar-refractivity contribution in [3.05, 3.63) is 72.8 Å². The highest BCUT2D eigenvalue weighted by molar-refractivity contribution is 7.67. The third-order valence-electron chi connectivity index (χ3n) is 8.45. The van der Waals surface area contributed by atoms with Gasteiger partial charge in [0.05, 0.1) is 23.8 Å². The van der Waals surface area contributed by atoms with E-state index in [0.29, 0.717) is 11.1 Å². The molecular weight excluding hydrogens is 931 g/mol. The first-order chi connectivity index (χ1) is 32.2. The molecule has 1 heterocycles. The standard InChI is InChI=1S/C43H47O24P/c1-25(2)41(53)59-19-28(44)17-57-35(47)14-37(49)63-23-64-40(52)16-39(51)62-22-61-34(46)13-27(21-68(56)33-12-8-6-10-31(33)30-9-5-7-11-32(30)67-68)43(55)66-24-65-38(50)15-36(48)58-18-29(45)20-60-42(54)26(3)4/h5-12,27-29,44-45H,1,3,13-24H2,2,4H3. The molecule has 0 saturated carbocycles. The number of aliphatic hydroxyl groups is 2. The van der Waals surface area contributed by atoms with Crippen molar-refractivity contribution < 1.29 is 115 Å². The zero-order valence-corrected chi connectivity index (χ0v) is 37.5. The van der Waals surface area contributed by atoms with Gasteiger partial charge in [-0.1, -0.05) is 49.6 Å². The van der Waals surface area contributed by atoms with E-state index in [1.54, 1.807) is 42.5 Å². The number of para-hydroxylation sites is 1. The summed E-state index contributed by atoms with van der Waals surface area (Å²) in [6, 6.07) is 13.1. The van der Waals surface area contributed by atoms with Crippen molar-refractivity contribution >= 4 is 72.4 Å². The van der Waals surface area contributed by atoms with Crippen LogP contribution in [0.4, 0.5) is 0 Å². The average molecular weight is 979 g/mol. The molecule has 0 aliphatic carbocycles. The Labute approximate surface area is 386 Å². The smallest absolute Gasteiger partial charge is 0.333 e. The van der Waals surface area contributed by atoms with E-state index in [0.717, 1.165) is 0 Å². The molecule has 4 unspecified atom stereocenters. The van der Waals surface area contributed by atoms with Gasteiger partial charge in [0.25, 0.3) is 7.37 Å². The van der Waals surface area contributed by atoms with Gasteiger partial charge in [0.1, 0.15) is 63.6 Å². The molecule has 0 bridgehead atoms. The lowest BCUT2D eigenvalue weighted by molar-refractivity contribution is -0.179. The van der Waals surface area contributed by atoms with Crippen LogP contribution in [0.1, 0.15) is 39.5 Å². The van der Waals surface area contributed by atoms with Crippen molar-refractivity contribution in [3.63, 3.8) is 0 Å². The van der Waals surface area contributed by atoms with Crippen LogP contribution in [0.3, 0.4) is 0 Å². The lowest BCUT2D eigenvalue weighted by atomic mass is 10.0. The number of rotatable bonds is 27. The molecule has 24 nitrogen and oxygen atoms in total. The third kappa shape index (κ3) is 19.2. The number of hydrogen-bond donors (Lipinski definition) is 2. The Morgan fingerprint density at radius 1 is 0.529 bits per heavy atom. The molecule has 25 heteroatoms. The average Bonchev–Trinajstić information content (AvgIpc) is 3.28. The van der Waals surface area contributed by atoms with Gasteiger partial charge < -0.3 is 62.1 Å². The molecule has 1 aliphatic heterocycles. The maximum absolute atomic E-state index is 14.5. The fourth-order valence-electron chi connectivity index (χ4n) is 5.20. The van der Waals surface area contributed by atoms with E-state index < -0.39 is 164 Å². The third-order valence-corrected chi connectivity index (χ3v) is 11.0. The first-order valence-electron chi connectivity index (χ1n) is 19.9. The maximum atomic E-state index is 14.5. The zero-order valence-electron chi connectivity index (χ0n) is 36.6. The largest absolute Gasteiger partial charge is 0.462 e. The summed E-state index contributed by atoms with van der Waals surface area (Å²) in [5.41, 5.74) is 1.26. The second-order valence-electron chi connectivity index (χ2n) is 14.2. The van der Waals surface area contributed by atoms with Crippen molar-refractivity contribution in [2.45, 2.75) is 51.7 Å². The number of carbonyl (C=O) groups excluding carboxylic acids is 10. The summed E-state index contributed by atoms with van der Waals surface area (Å²) in [5, 5.41) is 19.7. The quantitative estimate of drug-likeness (QED) is 0.0315. The summed E-state index contributed by atoms with van der Waals surface area (Å²) in [5.74, 6) is -12.8. The van der Waals surface area contributed by atoms with Gasteiger partial charge in [-0.05, 0) is 31.5 Å². The van der Waals surface area contributed by atoms with E-state index >= 15 is 0 Å². The minimum absolute atomic E-state index is 0.0686. The topological polar surface area (TPSA) is 330 Å². The summed E-state index contributed by atoms with van der Waals surface area (Å²) in [4.78, 5) is 121. The molecule has 2 aromatic carbocycles. The summed E-state index contributed by atoms with van der Waals surface area (Å²) in [6.45, 7) is 3.93. The van der Waals surface area contributed by atoms with Gasteiger partial charge in [0.15, 0.2) is 0 Å². The van der Waals surface area contributed by atoms with Crippen molar-refractivity contribution in [1.29, 1.82) is 0 Å². The highest BCUT2D eigenvalue weighted by atomic mass is 31.2. The Morgan fingerprint density at radius 2 is 0.912 bits per heavy atom. The maximum Gasteiger partial charge on any atom is 0.333 e. The molecule has 0 radical (unpaired) electrons. The second kappa shape index (κ2) is 27.3. The first kappa shape index (κ1) is 54.9. The van der Waals surface area contributed by atoms with Crippen LogP contribution in [-0.4, -0.2) is 135 Å². The van der Waals surface area contributed by atoms with Crippen molar-refractivity contribution in [2.75, 3.05) is 53.0 Å². The predicted octanol–water partition coefficient (Wildman–Crippen LogP) is 1.00. The molecule has 0 spiro atoms. The number of carbonyl (C=O) groups is 10. The fourth-order valence-corrected chi connectivity index (χ4v) is 7.78. The van der Waals surface area contributed by atoms with Crippen LogP contribution in [0.15, 0.2) is 72.8 Å². The Bertz CT molecular complexity index is 2280. The van der Waals surface area contributed by atoms with Crippen LogP contribution in [0.25, 0.3) is 11.1 Å². The predicted molar refractivity (Wildman–Crippen MR) is 223 cm³/mol. The second-order valence-corrected chi connectivity index (χ2v) is 16.6. The van der Waals surface area contributed by atoms with Gasteiger partial charge in [-0.3, -0.25) is 42.9 Å². The number of benzene rings is 2. The number of fused-ring (bicyclic) bond motifs is 3. The molecule has 0 aromatic heterocycles. The summed E-state index contributed by atoms with van der Waals surface area (Å²) < 4.78 is 67.8. The summed E-state index contributed by atoms with van der Waals surface area (Å²) in [7, 11) is -4.04. The zero-order chi connectivity index (χ0) is 50.4. The van der Waals surface area contributed by atoms with Crippen LogP contribution in [0, 0.1) is 5.92 Å². The Hall–Kier alpha value is -7.43. The van der Waals surface area contributed by atoms with E-state index in [1.165, 1.54) is 19.9 Å². The van der Waals surface area contributed by atoms with Crippen molar-refractivity contribution in [1.82, 2.24) is 0 Å². The normalized spacial score (nSPS) is 14.5. The fraction of sp³-hybridized carbons (Fsp3) is 0.395. The highest BCUT2D eigenvalue weighted by Gasteiger charge is 2.41.